The van der Waals surface area contributed by atoms with E-state index in [9.17, 15) is 33.6 Å². The monoisotopic (exact) mass is 721 g/mol. The van der Waals surface area contributed by atoms with E-state index in [0.717, 1.165) is 47.8 Å². The molecule has 3 heterocycles. The molecule has 13 heteroatoms. The smallest absolute Gasteiger partial charge is 0.287 e. The number of primary amides is 1. The number of nitrogens with zero attached hydrogens (tertiary/aromatic N) is 2. The summed E-state index contributed by atoms with van der Waals surface area (Å²) in [4.78, 5) is 98.0. The molecule has 6 amide bonds. The van der Waals surface area contributed by atoms with Crippen LogP contribution >= 0.6 is 0 Å². The maximum Gasteiger partial charge on any atom is 0.287 e. The van der Waals surface area contributed by atoms with Crippen molar-refractivity contribution in [1.29, 1.82) is 0 Å². The molecule has 2 saturated heterocycles. The number of benzene rings is 3. The largest absolute Gasteiger partial charge is 0.381 e. The molecular formula is C40H43N5O8. The average Bonchev–Trinajstić information content (AvgIpc) is 3.72. The standard InChI is InChI=1S/C40H43N5O8/c41-34(47)33(46)40(16-18-53-19-17-40)43-36(49)32-22-28(45-37(50)29-12-6-7-13-30(29)38(45)51)23-44(32)39(52)31(20-24-8-2-1-3-9-24)42-35(48)27-15-14-25-10-4-5-11-26(25)21-27/h4-7,10-15,21,24,28,31-32H,1-3,8-9,16-20,22-23H2,(H2,41,47)(H,42,48)(H,43,49)/t28-,31+,32-/m0/s1. The molecule has 53 heavy (non-hydrogen) atoms. The first-order valence-corrected chi connectivity index (χ1v) is 18.4. The molecule has 0 spiro atoms. The summed E-state index contributed by atoms with van der Waals surface area (Å²) < 4.78 is 5.42. The molecule has 1 saturated carbocycles. The molecule has 3 atom stereocenters. The van der Waals surface area contributed by atoms with E-state index in [1.165, 1.54) is 4.90 Å². The van der Waals surface area contributed by atoms with Gasteiger partial charge in [0.2, 0.25) is 17.6 Å². The van der Waals surface area contributed by atoms with Crippen LogP contribution in [0.3, 0.4) is 0 Å². The van der Waals surface area contributed by atoms with E-state index in [1.54, 1.807) is 36.4 Å². The van der Waals surface area contributed by atoms with Crippen molar-refractivity contribution in [3.8, 4) is 0 Å². The summed E-state index contributed by atoms with van der Waals surface area (Å²) in [5.41, 5.74) is 4.61. The van der Waals surface area contributed by atoms with Gasteiger partial charge in [-0.15, -0.1) is 0 Å². The first-order valence-electron chi connectivity index (χ1n) is 18.4. The molecule has 0 unspecified atom stereocenters. The average molecular weight is 722 g/mol. The molecule has 3 aromatic carbocycles. The minimum Gasteiger partial charge on any atom is -0.381 e. The number of ketones is 1. The zero-order valence-corrected chi connectivity index (χ0v) is 29.4. The molecular weight excluding hydrogens is 678 g/mol. The Morgan fingerprint density at radius 2 is 1.49 bits per heavy atom. The minimum absolute atomic E-state index is 0.00483. The Balaban J connectivity index is 1.21. The third-order valence-corrected chi connectivity index (χ3v) is 11.3. The highest BCUT2D eigenvalue weighted by Gasteiger charge is 2.52. The van der Waals surface area contributed by atoms with Crippen molar-refractivity contribution >= 4 is 52.0 Å². The second-order valence-electron chi connectivity index (χ2n) is 14.6. The second-order valence-corrected chi connectivity index (χ2v) is 14.6. The fourth-order valence-electron chi connectivity index (χ4n) is 8.47. The van der Waals surface area contributed by atoms with Gasteiger partial charge < -0.3 is 26.0 Å². The van der Waals surface area contributed by atoms with Crippen LogP contribution in [0.4, 0.5) is 0 Å². The lowest BCUT2D eigenvalue weighted by atomic mass is 9.84. The molecule has 3 aromatic rings. The highest BCUT2D eigenvalue weighted by Crippen LogP contribution is 2.34. The quantitative estimate of drug-likeness (QED) is 0.211. The highest BCUT2D eigenvalue weighted by atomic mass is 16.5. The van der Waals surface area contributed by atoms with Gasteiger partial charge in [0.1, 0.15) is 17.6 Å². The van der Waals surface area contributed by atoms with Crippen molar-refractivity contribution in [2.24, 2.45) is 11.7 Å². The van der Waals surface area contributed by atoms with Crippen molar-refractivity contribution < 1.29 is 38.3 Å². The topological polar surface area (TPSA) is 185 Å². The molecule has 7 rings (SSSR count). The predicted molar refractivity (Wildman–Crippen MR) is 192 cm³/mol. The lowest BCUT2D eigenvalue weighted by Crippen LogP contribution is -2.64. The number of hydrogen-bond donors (Lipinski definition) is 3. The maximum atomic E-state index is 14.9. The normalized spacial score (nSPS) is 22.0. The number of likely N-dealkylation sites (tertiary alicyclic amines) is 1. The fourth-order valence-corrected chi connectivity index (χ4v) is 8.47. The summed E-state index contributed by atoms with van der Waals surface area (Å²) in [5.74, 6) is -4.81. The molecule has 0 radical (unpaired) electrons. The number of carbonyl (C=O) groups excluding carboxylic acids is 7. The number of rotatable bonds is 10. The van der Waals surface area contributed by atoms with Crippen molar-refractivity contribution in [3.05, 3.63) is 83.4 Å². The van der Waals surface area contributed by atoms with Gasteiger partial charge in [-0.3, -0.25) is 38.5 Å². The van der Waals surface area contributed by atoms with Gasteiger partial charge in [-0.25, -0.2) is 0 Å². The van der Waals surface area contributed by atoms with Crippen LogP contribution in [0.1, 0.15) is 88.9 Å². The van der Waals surface area contributed by atoms with Crippen LogP contribution in [0.5, 0.6) is 0 Å². The molecule has 1 aliphatic carbocycles. The lowest BCUT2D eigenvalue weighted by Gasteiger charge is -2.37. The van der Waals surface area contributed by atoms with Gasteiger partial charge in [0.25, 0.3) is 23.6 Å². The van der Waals surface area contributed by atoms with Gasteiger partial charge in [-0.2, -0.15) is 0 Å². The third-order valence-electron chi connectivity index (χ3n) is 11.3. The van der Waals surface area contributed by atoms with E-state index in [2.05, 4.69) is 10.6 Å². The van der Waals surface area contributed by atoms with Gasteiger partial charge in [0.15, 0.2) is 0 Å². The van der Waals surface area contributed by atoms with Crippen molar-refractivity contribution in [2.75, 3.05) is 19.8 Å². The van der Waals surface area contributed by atoms with Crippen LogP contribution in [-0.2, 0) is 23.9 Å². The number of Topliss-reactive ketones (excluding diaryl/α,β-unsaturated/α-hetero) is 1. The number of imide groups is 1. The SMILES string of the molecule is NC(=O)C(=O)C1(NC(=O)[C@@H]2C[C@H](N3C(=O)c4ccccc4C3=O)CN2C(=O)[C@@H](CC2CCCCC2)NC(=O)c2ccc3ccccc3c2)CCOCC1. The molecule has 0 aromatic heterocycles. The lowest BCUT2D eigenvalue weighted by molar-refractivity contribution is -0.147. The highest BCUT2D eigenvalue weighted by molar-refractivity contribution is 6.39. The number of carbonyl (C=O) groups is 7. The summed E-state index contributed by atoms with van der Waals surface area (Å²) in [6, 6.07) is 16.2. The van der Waals surface area contributed by atoms with Crippen LogP contribution in [0, 0.1) is 5.92 Å². The Morgan fingerprint density at radius 1 is 0.849 bits per heavy atom. The Bertz CT molecular complexity index is 1950. The van der Waals surface area contributed by atoms with Gasteiger partial charge in [-0.1, -0.05) is 74.6 Å². The van der Waals surface area contributed by atoms with Crippen LogP contribution in [0.25, 0.3) is 10.8 Å². The summed E-state index contributed by atoms with van der Waals surface area (Å²) >= 11 is 0. The minimum atomic E-state index is -1.64. The van der Waals surface area contributed by atoms with E-state index < -0.39 is 64.9 Å². The molecule has 276 valence electrons. The third kappa shape index (κ3) is 7.05. The summed E-state index contributed by atoms with van der Waals surface area (Å²) in [5, 5.41) is 7.56. The van der Waals surface area contributed by atoms with Crippen molar-refractivity contribution in [1.82, 2.24) is 20.4 Å². The maximum absolute atomic E-state index is 14.9. The summed E-state index contributed by atoms with van der Waals surface area (Å²) in [6.07, 6.45) is 5.07. The van der Waals surface area contributed by atoms with Gasteiger partial charge in [0.05, 0.1) is 17.2 Å². The molecule has 0 bridgehead atoms. The van der Waals surface area contributed by atoms with Gasteiger partial charge >= 0.3 is 0 Å². The van der Waals surface area contributed by atoms with E-state index in [0.29, 0.717) is 12.0 Å². The van der Waals surface area contributed by atoms with Crippen LogP contribution in [0.2, 0.25) is 0 Å². The Labute approximate surface area is 306 Å². The number of amides is 6. The molecule has 4 N–H and O–H groups in total. The van der Waals surface area contributed by atoms with E-state index in [4.69, 9.17) is 10.5 Å². The van der Waals surface area contributed by atoms with Gasteiger partial charge in [0, 0.05) is 38.2 Å². The van der Waals surface area contributed by atoms with Crippen LogP contribution in [0.15, 0.2) is 66.7 Å². The van der Waals surface area contributed by atoms with E-state index in [1.807, 2.05) is 30.3 Å². The predicted octanol–water partition coefficient (Wildman–Crippen LogP) is 2.89. The second kappa shape index (κ2) is 14.9. The zero-order chi connectivity index (χ0) is 37.3. The van der Waals surface area contributed by atoms with Gasteiger partial charge in [-0.05, 0) is 53.8 Å². The number of fused-ring (bicyclic) bond motifs is 2. The first-order chi connectivity index (χ1) is 25.6. The molecule has 13 nitrogen and oxygen atoms in total. The van der Waals surface area contributed by atoms with Crippen LogP contribution in [-0.4, -0.2) is 94.4 Å². The first kappa shape index (κ1) is 36.0. The Kier molecular flexibility index (Phi) is 10.1. The Hall–Kier alpha value is -5.43. The molecule has 4 aliphatic rings. The number of ether oxygens (including phenoxy) is 1. The summed E-state index contributed by atoms with van der Waals surface area (Å²) in [7, 11) is 0. The summed E-state index contributed by atoms with van der Waals surface area (Å²) in [6.45, 7) is 0.0123. The number of hydrogen-bond acceptors (Lipinski definition) is 8. The van der Waals surface area contributed by atoms with Crippen molar-refractivity contribution in [2.45, 2.75) is 81.5 Å². The fraction of sp³-hybridized carbons (Fsp3) is 0.425. The molecule has 3 aliphatic heterocycles. The molecule has 3 fully saturated rings. The van der Waals surface area contributed by atoms with E-state index >= 15 is 0 Å². The number of nitrogens with one attached hydrogen (secondary N) is 2. The number of nitrogens with two attached hydrogens (primary N) is 1. The zero-order valence-electron chi connectivity index (χ0n) is 29.4. The Morgan fingerprint density at radius 3 is 2.15 bits per heavy atom. The van der Waals surface area contributed by atoms with Crippen LogP contribution < -0.4 is 16.4 Å². The van der Waals surface area contributed by atoms with E-state index in [-0.39, 0.29) is 56.1 Å². The van der Waals surface area contributed by atoms with Crippen molar-refractivity contribution in [3.63, 3.8) is 0 Å².